The Bertz CT molecular complexity index is 777. The Kier molecular flexibility index (Phi) is 11.7. The Morgan fingerprint density at radius 1 is 0.938 bits per heavy atom. The molecule has 178 valence electrons. The number of carbonyl (C=O) groups excluding carboxylic acids is 3. The molecular formula is C21H32N4O6S. The average Bonchev–Trinajstić information content (AvgIpc) is 2.75. The standard InChI is InChI=1S/C21H32N4O6S/c1-12(2)8-15(23-18(27)14(22)10-26)19(28)24-16(9-13-6-4-3-5-7-13)20(29)25-17(11-32)21(30)31/h3-7,12,14-17,26,32H,8-11,22H2,1-2H3,(H,23,27)(H,24,28)(H,25,29)(H,30,31). The van der Waals surface area contributed by atoms with Crippen molar-refractivity contribution in [3.8, 4) is 0 Å². The third-order valence-electron chi connectivity index (χ3n) is 4.59. The first-order valence-electron chi connectivity index (χ1n) is 10.2. The first kappa shape index (κ1) is 27.4. The van der Waals surface area contributed by atoms with Gasteiger partial charge in [0.1, 0.15) is 24.2 Å². The van der Waals surface area contributed by atoms with Gasteiger partial charge in [-0.05, 0) is 17.9 Å². The van der Waals surface area contributed by atoms with Crippen LogP contribution in [0.3, 0.4) is 0 Å². The van der Waals surface area contributed by atoms with Crippen LogP contribution in [0, 0.1) is 5.92 Å². The molecule has 0 aliphatic heterocycles. The molecule has 0 heterocycles. The summed E-state index contributed by atoms with van der Waals surface area (Å²) in [6.45, 7) is 3.13. The van der Waals surface area contributed by atoms with E-state index in [1.807, 2.05) is 13.8 Å². The summed E-state index contributed by atoms with van der Waals surface area (Å²) in [5.41, 5.74) is 6.27. The lowest BCUT2D eigenvalue weighted by molar-refractivity contribution is -0.141. The van der Waals surface area contributed by atoms with Gasteiger partial charge in [-0.1, -0.05) is 44.2 Å². The maximum Gasteiger partial charge on any atom is 0.327 e. The van der Waals surface area contributed by atoms with Crippen LogP contribution in [0.15, 0.2) is 30.3 Å². The van der Waals surface area contributed by atoms with Gasteiger partial charge in [0.2, 0.25) is 17.7 Å². The third kappa shape index (κ3) is 9.25. The normalized spacial score (nSPS) is 14.7. The summed E-state index contributed by atoms with van der Waals surface area (Å²) in [6, 6.07) is 4.40. The highest BCUT2D eigenvalue weighted by Gasteiger charge is 2.30. The molecule has 0 radical (unpaired) electrons. The number of thiol groups is 1. The molecule has 10 nitrogen and oxygen atoms in total. The van der Waals surface area contributed by atoms with Gasteiger partial charge in [-0.15, -0.1) is 0 Å². The van der Waals surface area contributed by atoms with E-state index in [4.69, 9.17) is 10.8 Å². The summed E-state index contributed by atoms with van der Waals surface area (Å²) in [4.78, 5) is 49.2. The molecule has 0 fully saturated rings. The summed E-state index contributed by atoms with van der Waals surface area (Å²) < 4.78 is 0. The molecule has 1 aromatic carbocycles. The number of aliphatic carboxylic acids is 1. The highest BCUT2D eigenvalue weighted by molar-refractivity contribution is 7.80. The minimum Gasteiger partial charge on any atom is -0.480 e. The Morgan fingerprint density at radius 3 is 1.97 bits per heavy atom. The molecule has 0 saturated carbocycles. The molecule has 3 amide bonds. The van der Waals surface area contributed by atoms with Crippen molar-refractivity contribution in [2.75, 3.05) is 12.4 Å². The topological polar surface area (TPSA) is 171 Å². The van der Waals surface area contributed by atoms with Gasteiger partial charge in [-0.3, -0.25) is 14.4 Å². The van der Waals surface area contributed by atoms with Crippen LogP contribution < -0.4 is 21.7 Å². The number of rotatable bonds is 13. The zero-order valence-corrected chi connectivity index (χ0v) is 19.0. The van der Waals surface area contributed by atoms with Gasteiger partial charge < -0.3 is 31.9 Å². The van der Waals surface area contributed by atoms with Crippen LogP contribution in [0.2, 0.25) is 0 Å². The molecule has 0 saturated heterocycles. The second kappa shape index (κ2) is 13.7. The number of nitrogens with two attached hydrogens (primary N) is 1. The Labute approximate surface area is 192 Å². The van der Waals surface area contributed by atoms with Crippen molar-refractivity contribution < 1.29 is 29.4 Å². The van der Waals surface area contributed by atoms with Crippen LogP contribution in [-0.2, 0) is 25.6 Å². The molecule has 0 bridgehead atoms. The zero-order chi connectivity index (χ0) is 24.3. The van der Waals surface area contributed by atoms with E-state index >= 15 is 0 Å². The molecular weight excluding hydrogens is 436 g/mol. The summed E-state index contributed by atoms with van der Waals surface area (Å²) in [5.74, 6) is -3.35. The predicted molar refractivity (Wildman–Crippen MR) is 122 cm³/mol. The van der Waals surface area contributed by atoms with Crippen LogP contribution >= 0.6 is 12.6 Å². The molecule has 4 unspecified atom stereocenters. The number of carboxylic acids is 1. The van der Waals surface area contributed by atoms with E-state index in [2.05, 4.69) is 28.6 Å². The summed E-state index contributed by atoms with van der Waals surface area (Å²) in [7, 11) is 0. The first-order valence-corrected chi connectivity index (χ1v) is 10.9. The number of carboxylic acid groups (broad SMARTS) is 1. The van der Waals surface area contributed by atoms with E-state index in [-0.39, 0.29) is 24.5 Å². The number of carbonyl (C=O) groups is 4. The van der Waals surface area contributed by atoms with Crippen LogP contribution in [0.4, 0.5) is 0 Å². The fourth-order valence-electron chi connectivity index (χ4n) is 2.85. The second-order valence-corrected chi connectivity index (χ2v) is 8.18. The SMILES string of the molecule is CC(C)CC(NC(=O)C(N)CO)C(=O)NC(Cc1ccccc1)C(=O)NC(CS)C(=O)O. The van der Waals surface area contributed by atoms with E-state index in [0.29, 0.717) is 0 Å². The van der Waals surface area contributed by atoms with E-state index in [1.165, 1.54) is 0 Å². The smallest absolute Gasteiger partial charge is 0.327 e. The lowest BCUT2D eigenvalue weighted by Crippen LogP contribution is -2.58. The minimum atomic E-state index is -1.25. The molecule has 0 aliphatic carbocycles. The zero-order valence-electron chi connectivity index (χ0n) is 18.2. The fourth-order valence-corrected chi connectivity index (χ4v) is 3.10. The van der Waals surface area contributed by atoms with Crippen molar-refractivity contribution in [2.45, 2.75) is 50.9 Å². The van der Waals surface area contributed by atoms with Crippen molar-refractivity contribution in [1.82, 2.24) is 16.0 Å². The maximum absolute atomic E-state index is 13.0. The highest BCUT2D eigenvalue weighted by Crippen LogP contribution is 2.08. The molecule has 0 aromatic heterocycles. The molecule has 4 atom stereocenters. The van der Waals surface area contributed by atoms with Crippen molar-refractivity contribution in [1.29, 1.82) is 0 Å². The third-order valence-corrected chi connectivity index (χ3v) is 4.95. The highest BCUT2D eigenvalue weighted by atomic mass is 32.1. The molecule has 1 aromatic rings. The van der Waals surface area contributed by atoms with Crippen molar-refractivity contribution in [2.24, 2.45) is 11.7 Å². The number of hydrogen-bond acceptors (Lipinski definition) is 7. The van der Waals surface area contributed by atoms with E-state index in [9.17, 15) is 24.3 Å². The molecule has 0 aliphatic rings. The average molecular weight is 469 g/mol. The largest absolute Gasteiger partial charge is 0.480 e. The van der Waals surface area contributed by atoms with Gasteiger partial charge in [-0.2, -0.15) is 12.6 Å². The number of benzene rings is 1. The lowest BCUT2D eigenvalue weighted by atomic mass is 10.0. The molecule has 0 spiro atoms. The van der Waals surface area contributed by atoms with Gasteiger partial charge >= 0.3 is 5.97 Å². The van der Waals surface area contributed by atoms with E-state index in [1.54, 1.807) is 30.3 Å². The van der Waals surface area contributed by atoms with Crippen LogP contribution in [0.5, 0.6) is 0 Å². The Morgan fingerprint density at radius 2 is 1.47 bits per heavy atom. The lowest BCUT2D eigenvalue weighted by Gasteiger charge is -2.25. The number of aliphatic hydroxyl groups excluding tert-OH is 1. The van der Waals surface area contributed by atoms with Gasteiger partial charge in [0.25, 0.3) is 0 Å². The van der Waals surface area contributed by atoms with Crippen molar-refractivity contribution in [3.63, 3.8) is 0 Å². The first-order chi connectivity index (χ1) is 15.1. The fraction of sp³-hybridized carbons (Fsp3) is 0.524. The Balaban J connectivity index is 3.07. The quantitative estimate of drug-likeness (QED) is 0.183. The van der Waals surface area contributed by atoms with Gasteiger partial charge in [0.15, 0.2) is 0 Å². The number of aliphatic hydroxyl groups is 1. The number of amides is 3. The van der Waals surface area contributed by atoms with Crippen molar-refractivity contribution in [3.05, 3.63) is 35.9 Å². The summed E-state index contributed by atoms with van der Waals surface area (Å²) in [5, 5.41) is 25.8. The van der Waals surface area contributed by atoms with E-state index < -0.39 is 54.5 Å². The summed E-state index contributed by atoms with van der Waals surface area (Å²) >= 11 is 3.94. The molecule has 11 heteroatoms. The van der Waals surface area contributed by atoms with Crippen molar-refractivity contribution >= 4 is 36.3 Å². The van der Waals surface area contributed by atoms with Crippen LogP contribution in [0.1, 0.15) is 25.8 Å². The number of nitrogens with one attached hydrogen (secondary N) is 3. The predicted octanol–water partition coefficient (Wildman–Crippen LogP) is -0.936. The van der Waals surface area contributed by atoms with Crippen LogP contribution in [0.25, 0.3) is 0 Å². The van der Waals surface area contributed by atoms with E-state index in [0.717, 1.165) is 5.56 Å². The van der Waals surface area contributed by atoms with Crippen LogP contribution in [-0.4, -0.2) is 70.4 Å². The molecule has 1 rings (SSSR count). The molecule has 7 N–H and O–H groups in total. The number of hydrogen-bond donors (Lipinski definition) is 7. The second-order valence-electron chi connectivity index (χ2n) is 7.81. The van der Waals surface area contributed by atoms with Gasteiger partial charge in [-0.25, -0.2) is 4.79 Å². The summed E-state index contributed by atoms with van der Waals surface area (Å²) in [6.07, 6.45) is 0.375. The van der Waals surface area contributed by atoms with Gasteiger partial charge in [0, 0.05) is 12.2 Å². The van der Waals surface area contributed by atoms with Gasteiger partial charge in [0.05, 0.1) is 6.61 Å². The Hall–Kier alpha value is -2.63. The monoisotopic (exact) mass is 468 g/mol. The maximum atomic E-state index is 13.0. The molecule has 32 heavy (non-hydrogen) atoms. The minimum absolute atomic E-state index is 0.0263.